The van der Waals surface area contributed by atoms with Crippen molar-refractivity contribution in [2.75, 3.05) is 20.1 Å². The van der Waals surface area contributed by atoms with E-state index in [1.54, 1.807) is 7.05 Å². The van der Waals surface area contributed by atoms with Crippen molar-refractivity contribution in [1.82, 2.24) is 10.2 Å². The highest BCUT2D eigenvalue weighted by Gasteiger charge is 2.31. The zero-order chi connectivity index (χ0) is 19.4. The molecule has 0 saturated carbocycles. The van der Waals surface area contributed by atoms with Crippen LogP contribution in [0.3, 0.4) is 0 Å². The lowest BCUT2D eigenvalue weighted by Gasteiger charge is -2.38. The summed E-state index contributed by atoms with van der Waals surface area (Å²) in [5.41, 5.74) is 1.13. The van der Waals surface area contributed by atoms with Crippen LogP contribution in [0, 0.1) is 5.92 Å². The van der Waals surface area contributed by atoms with E-state index in [1.807, 2.05) is 24.3 Å². The van der Waals surface area contributed by atoms with Crippen LogP contribution in [0.2, 0.25) is 0 Å². The fourth-order valence-electron chi connectivity index (χ4n) is 2.97. The van der Waals surface area contributed by atoms with Crippen molar-refractivity contribution in [3.05, 3.63) is 65.2 Å². The number of amides is 1. The van der Waals surface area contributed by atoms with Gasteiger partial charge in [-0.2, -0.15) is 13.2 Å². The molecule has 4 nitrogen and oxygen atoms in total. The maximum atomic E-state index is 12.6. The molecular formula is C20H21F3N2O2. The number of hydrogen-bond donors (Lipinski definition) is 1. The van der Waals surface area contributed by atoms with E-state index in [0.717, 1.165) is 37.3 Å². The van der Waals surface area contributed by atoms with E-state index in [4.69, 9.17) is 4.74 Å². The molecule has 144 valence electrons. The van der Waals surface area contributed by atoms with E-state index in [1.165, 1.54) is 12.1 Å². The van der Waals surface area contributed by atoms with Gasteiger partial charge in [-0.05, 0) is 35.4 Å². The first-order valence-corrected chi connectivity index (χ1v) is 8.67. The Morgan fingerprint density at radius 1 is 1.07 bits per heavy atom. The van der Waals surface area contributed by atoms with Crippen LogP contribution >= 0.6 is 0 Å². The second-order valence-electron chi connectivity index (χ2n) is 6.63. The minimum absolute atomic E-state index is 0.0707. The van der Waals surface area contributed by atoms with E-state index in [-0.39, 0.29) is 18.4 Å². The van der Waals surface area contributed by atoms with Crippen molar-refractivity contribution in [3.63, 3.8) is 0 Å². The number of nitrogens with zero attached hydrogens (tertiary/aromatic N) is 1. The molecule has 0 aromatic heterocycles. The standard InChI is InChI=1S/C20H21F3N2O2/c1-24-19(26)16-11-25(12-16)10-14-4-8-18(9-5-14)27-13-15-2-6-17(7-3-15)20(21,22)23/h2-9,16H,10-13H2,1H3,(H,24,26). The van der Waals surface area contributed by atoms with Crippen LogP contribution in [0.1, 0.15) is 16.7 Å². The molecule has 2 aromatic carbocycles. The largest absolute Gasteiger partial charge is 0.489 e. The van der Waals surface area contributed by atoms with Gasteiger partial charge in [0.1, 0.15) is 12.4 Å². The van der Waals surface area contributed by atoms with Gasteiger partial charge in [-0.3, -0.25) is 9.69 Å². The van der Waals surface area contributed by atoms with Crippen molar-refractivity contribution in [2.24, 2.45) is 5.92 Å². The van der Waals surface area contributed by atoms with Gasteiger partial charge in [-0.25, -0.2) is 0 Å². The molecule has 0 aliphatic carbocycles. The Bertz CT molecular complexity index is 767. The second-order valence-corrected chi connectivity index (χ2v) is 6.63. The lowest BCUT2D eigenvalue weighted by molar-refractivity contribution is -0.137. The van der Waals surface area contributed by atoms with Crippen molar-refractivity contribution in [1.29, 1.82) is 0 Å². The predicted octanol–water partition coefficient (Wildman–Crippen LogP) is 3.46. The molecule has 0 bridgehead atoms. The van der Waals surface area contributed by atoms with Crippen LogP contribution in [-0.4, -0.2) is 30.9 Å². The normalized spacial score (nSPS) is 15.3. The molecule has 3 rings (SSSR count). The summed E-state index contributed by atoms with van der Waals surface area (Å²) in [5, 5.41) is 2.66. The minimum Gasteiger partial charge on any atom is -0.489 e. The first-order chi connectivity index (χ1) is 12.8. The fourth-order valence-corrected chi connectivity index (χ4v) is 2.97. The summed E-state index contributed by atoms with van der Waals surface area (Å²) in [6, 6.07) is 12.5. The summed E-state index contributed by atoms with van der Waals surface area (Å²) in [4.78, 5) is 13.7. The third-order valence-electron chi connectivity index (χ3n) is 4.59. The second kappa shape index (κ2) is 8.00. The molecule has 0 unspecified atom stereocenters. The summed E-state index contributed by atoms with van der Waals surface area (Å²) in [6.07, 6.45) is -4.33. The molecule has 0 atom stereocenters. The number of nitrogens with one attached hydrogen (secondary N) is 1. The van der Waals surface area contributed by atoms with Crippen LogP contribution < -0.4 is 10.1 Å². The van der Waals surface area contributed by atoms with Crippen LogP contribution in [0.4, 0.5) is 13.2 Å². The quantitative estimate of drug-likeness (QED) is 0.837. The van der Waals surface area contributed by atoms with E-state index in [0.29, 0.717) is 11.3 Å². The van der Waals surface area contributed by atoms with Gasteiger partial charge in [0.2, 0.25) is 5.91 Å². The van der Waals surface area contributed by atoms with Gasteiger partial charge in [-0.1, -0.05) is 24.3 Å². The summed E-state index contributed by atoms with van der Waals surface area (Å²) in [6.45, 7) is 2.49. The van der Waals surface area contributed by atoms with Crippen molar-refractivity contribution < 1.29 is 22.7 Å². The molecule has 1 saturated heterocycles. The average molecular weight is 378 g/mol. The van der Waals surface area contributed by atoms with Gasteiger partial charge in [0, 0.05) is 26.7 Å². The smallest absolute Gasteiger partial charge is 0.416 e. The minimum atomic E-state index is -4.33. The number of halogens is 3. The molecule has 1 aliphatic heterocycles. The van der Waals surface area contributed by atoms with Gasteiger partial charge >= 0.3 is 6.18 Å². The topological polar surface area (TPSA) is 41.6 Å². The molecule has 27 heavy (non-hydrogen) atoms. The zero-order valence-corrected chi connectivity index (χ0v) is 14.9. The average Bonchev–Trinajstić information content (AvgIpc) is 2.62. The van der Waals surface area contributed by atoms with Crippen LogP contribution in [0.5, 0.6) is 5.75 Å². The highest BCUT2D eigenvalue weighted by atomic mass is 19.4. The third kappa shape index (κ3) is 5.01. The Morgan fingerprint density at radius 2 is 1.67 bits per heavy atom. The summed E-state index contributed by atoms with van der Waals surface area (Å²) in [7, 11) is 1.65. The fraction of sp³-hybridized carbons (Fsp3) is 0.350. The zero-order valence-electron chi connectivity index (χ0n) is 14.9. The van der Waals surface area contributed by atoms with Crippen molar-refractivity contribution >= 4 is 5.91 Å². The monoisotopic (exact) mass is 378 g/mol. The number of alkyl halides is 3. The Labute approximate surface area is 155 Å². The number of hydrogen-bond acceptors (Lipinski definition) is 3. The van der Waals surface area contributed by atoms with Gasteiger partial charge < -0.3 is 10.1 Å². The Kier molecular flexibility index (Phi) is 5.70. The first kappa shape index (κ1) is 19.2. The SMILES string of the molecule is CNC(=O)C1CN(Cc2ccc(OCc3ccc(C(F)(F)F)cc3)cc2)C1. The predicted molar refractivity (Wildman–Crippen MR) is 95.1 cm³/mol. The van der Waals surface area contributed by atoms with Gasteiger partial charge in [0.05, 0.1) is 11.5 Å². The maximum absolute atomic E-state index is 12.6. The number of likely N-dealkylation sites (tertiary alicyclic amines) is 1. The van der Waals surface area contributed by atoms with Gasteiger partial charge in [0.25, 0.3) is 0 Å². The van der Waals surface area contributed by atoms with E-state index >= 15 is 0 Å². The summed E-state index contributed by atoms with van der Waals surface area (Å²) in [5.74, 6) is 0.810. The maximum Gasteiger partial charge on any atom is 0.416 e. The number of carbonyl (C=O) groups excluding carboxylic acids is 1. The highest BCUT2D eigenvalue weighted by Crippen LogP contribution is 2.29. The van der Waals surface area contributed by atoms with Crippen molar-refractivity contribution in [2.45, 2.75) is 19.3 Å². The first-order valence-electron chi connectivity index (χ1n) is 8.67. The number of rotatable bonds is 6. The summed E-state index contributed by atoms with van der Waals surface area (Å²) >= 11 is 0. The lowest BCUT2D eigenvalue weighted by atomic mass is 9.98. The molecule has 1 aliphatic rings. The van der Waals surface area contributed by atoms with Crippen LogP contribution in [0.15, 0.2) is 48.5 Å². The third-order valence-corrected chi connectivity index (χ3v) is 4.59. The molecule has 1 N–H and O–H groups in total. The molecule has 0 spiro atoms. The number of benzene rings is 2. The van der Waals surface area contributed by atoms with E-state index in [9.17, 15) is 18.0 Å². The van der Waals surface area contributed by atoms with Crippen LogP contribution in [0.25, 0.3) is 0 Å². The molecule has 1 amide bonds. The summed E-state index contributed by atoms with van der Waals surface area (Å²) < 4.78 is 43.3. The van der Waals surface area contributed by atoms with Gasteiger partial charge in [0.15, 0.2) is 0 Å². The van der Waals surface area contributed by atoms with E-state index in [2.05, 4.69) is 10.2 Å². The van der Waals surface area contributed by atoms with Gasteiger partial charge in [-0.15, -0.1) is 0 Å². The molecule has 1 heterocycles. The van der Waals surface area contributed by atoms with Crippen LogP contribution in [-0.2, 0) is 24.1 Å². The lowest BCUT2D eigenvalue weighted by Crippen LogP contribution is -2.52. The van der Waals surface area contributed by atoms with Crippen molar-refractivity contribution in [3.8, 4) is 5.75 Å². The number of ether oxygens (including phenoxy) is 1. The Hall–Kier alpha value is -2.54. The Balaban J connectivity index is 1.46. The molecule has 7 heteroatoms. The molecule has 2 aromatic rings. The van der Waals surface area contributed by atoms with E-state index < -0.39 is 11.7 Å². The molecule has 1 fully saturated rings. The molecule has 0 radical (unpaired) electrons. The number of carbonyl (C=O) groups is 1. The Morgan fingerprint density at radius 3 is 2.22 bits per heavy atom. The highest BCUT2D eigenvalue weighted by molar-refractivity contribution is 5.79. The molecular weight excluding hydrogens is 357 g/mol.